The average molecular weight is 381 g/mol. The molecule has 0 radical (unpaired) electrons. The highest BCUT2D eigenvalue weighted by atomic mass is 32.1. The van der Waals surface area contributed by atoms with E-state index in [1.54, 1.807) is 11.3 Å². The lowest BCUT2D eigenvalue weighted by Crippen LogP contribution is -2.43. The Labute approximate surface area is 163 Å². The Morgan fingerprint density at radius 3 is 2.81 bits per heavy atom. The normalized spacial score (nSPS) is 21.7. The van der Waals surface area contributed by atoms with Gasteiger partial charge in [-0.3, -0.25) is 4.99 Å². The molecule has 1 fully saturated rings. The molecule has 0 saturated carbocycles. The summed E-state index contributed by atoms with van der Waals surface area (Å²) in [6.45, 7) is 14.5. The van der Waals surface area contributed by atoms with Crippen molar-refractivity contribution in [2.24, 2.45) is 16.3 Å². The monoisotopic (exact) mass is 380 g/mol. The van der Waals surface area contributed by atoms with Crippen LogP contribution in [0.4, 0.5) is 0 Å². The van der Waals surface area contributed by atoms with Crippen LogP contribution in [-0.2, 0) is 17.6 Å². The van der Waals surface area contributed by atoms with E-state index < -0.39 is 0 Å². The summed E-state index contributed by atoms with van der Waals surface area (Å²) >= 11 is 1.75. The molecule has 5 nitrogen and oxygen atoms in total. The molecule has 26 heavy (non-hydrogen) atoms. The van der Waals surface area contributed by atoms with Gasteiger partial charge in [-0.15, -0.1) is 11.3 Å². The minimum atomic E-state index is 0.161. The highest BCUT2D eigenvalue weighted by molar-refractivity contribution is 7.09. The number of aromatic nitrogens is 1. The van der Waals surface area contributed by atoms with Gasteiger partial charge in [0.15, 0.2) is 5.96 Å². The molecule has 2 unspecified atom stereocenters. The van der Waals surface area contributed by atoms with Crippen molar-refractivity contribution < 1.29 is 4.74 Å². The number of aryl methyl sites for hydroxylation is 1. The van der Waals surface area contributed by atoms with Crippen LogP contribution in [0.5, 0.6) is 0 Å². The second kappa shape index (κ2) is 10.3. The fourth-order valence-electron chi connectivity index (χ4n) is 3.47. The molecule has 1 aromatic heterocycles. The van der Waals surface area contributed by atoms with Crippen LogP contribution < -0.4 is 10.6 Å². The van der Waals surface area contributed by atoms with Gasteiger partial charge in [0.05, 0.1) is 16.8 Å². The maximum atomic E-state index is 6.08. The van der Waals surface area contributed by atoms with Crippen LogP contribution in [0.1, 0.15) is 58.2 Å². The van der Waals surface area contributed by atoms with E-state index in [1.807, 2.05) is 0 Å². The quantitative estimate of drug-likeness (QED) is 0.560. The highest BCUT2D eigenvalue weighted by Crippen LogP contribution is 2.34. The zero-order chi connectivity index (χ0) is 19.0. The largest absolute Gasteiger partial charge is 0.377 e. The predicted octanol–water partition coefficient (Wildman–Crippen LogP) is 3.64. The maximum absolute atomic E-state index is 6.08. The number of nitrogens with zero attached hydrogens (tertiary/aromatic N) is 2. The molecule has 148 valence electrons. The number of ether oxygens (including phenoxy) is 1. The minimum absolute atomic E-state index is 0.161. The molecule has 1 aliphatic rings. The maximum Gasteiger partial charge on any atom is 0.191 e. The fourth-order valence-corrected chi connectivity index (χ4v) is 4.25. The van der Waals surface area contributed by atoms with E-state index in [2.05, 4.69) is 55.6 Å². The van der Waals surface area contributed by atoms with E-state index in [4.69, 9.17) is 9.73 Å². The topological polar surface area (TPSA) is 58.5 Å². The van der Waals surface area contributed by atoms with E-state index in [1.165, 1.54) is 17.1 Å². The predicted molar refractivity (Wildman–Crippen MR) is 111 cm³/mol. The number of hydrogen-bond donors (Lipinski definition) is 2. The summed E-state index contributed by atoms with van der Waals surface area (Å²) in [4.78, 5) is 9.48. The van der Waals surface area contributed by atoms with E-state index in [0.29, 0.717) is 5.92 Å². The van der Waals surface area contributed by atoms with Crippen LogP contribution in [0.15, 0.2) is 10.4 Å². The first kappa shape index (κ1) is 21.2. The molecule has 2 rings (SSSR count). The van der Waals surface area contributed by atoms with Crippen LogP contribution in [0, 0.1) is 11.3 Å². The molecule has 1 saturated heterocycles. The van der Waals surface area contributed by atoms with Gasteiger partial charge in [0.1, 0.15) is 0 Å². The van der Waals surface area contributed by atoms with Gasteiger partial charge in [0.25, 0.3) is 0 Å². The zero-order valence-electron chi connectivity index (χ0n) is 17.1. The summed E-state index contributed by atoms with van der Waals surface area (Å²) in [5, 5.41) is 10.2. The third kappa shape index (κ3) is 6.54. The van der Waals surface area contributed by atoms with Crippen molar-refractivity contribution in [3.63, 3.8) is 0 Å². The lowest BCUT2D eigenvalue weighted by molar-refractivity contribution is -0.0823. The Morgan fingerprint density at radius 2 is 2.15 bits per heavy atom. The second-order valence-corrected chi connectivity index (χ2v) is 8.98. The summed E-state index contributed by atoms with van der Waals surface area (Å²) in [5.41, 5.74) is 1.33. The molecular weight excluding hydrogens is 344 g/mol. The highest BCUT2D eigenvalue weighted by Gasteiger charge is 2.35. The molecule has 2 heterocycles. The van der Waals surface area contributed by atoms with Gasteiger partial charge in [-0.2, -0.15) is 0 Å². The molecule has 1 aromatic rings. The second-order valence-electron chi connectivity index (χ2n) is 8.04. The smallest absolute Gasteiger partial charge is 0.191 e. The summed E-state index contributed by atoms with van der Waals surface area (Å²) < 4.78 is 6.08. The molecular formula is C20H36N4OS. The zero-order valence-corrected chi connectivity index (χ0v) is 17.9. The lowest BCUT2D eigenvalue weighted by atomic mass is 9.78. The molecule has 0 aliphatic carbocycles. The van der Waals surface area contributed by atoms with Gasteiger partial charge in [-0.05, 0) is 31.6 Å². The SMILES string of the molecule is CCNC(=NCC1CCCOC1C(C)(C)C)NCCc1csc(CC)n1. The van der Waals surface area contributed by atoms with Crippen molar-refractivity contribution in [2.75, 3.05) is 26.2 Å². The molecule has 0 aromatic carbocycles. The molecule has 2 N–H and O–H groups in total. The van der Waals surface area contributed by atoms with Gasteiger partial charge in [-0.1, -0.05) is 27.7 Å². The summed E-state index contributed by atoms with van der Waals surface area (Å²) in [5.74, 6) is 1.39. The van der Waals surface area contributed by atoms with Gasteiger partial charge in [0.2, 0.25) is 0 Å². The molecule has 2 atom stereocenters. The van der Waals surface area contributed by atoms with Crippen molar-refractivity contribution in [1.29, 1.82) is 0 Å². The molecule has 0 amide bonds. The van der Waals surface area contributed by atoms with Crippen LogP contribution >= 0.6 is 11.3 Å². The van der Waals surface area contributed by atoms with Crippen LogP contribution in [0.2, 0.25) is 0 Å². The number of rotatable bonds is 7. The Kier molecular flexibility index (Phi) is 8.35. The van der Waals surface area contributed by atoms with E-state index in [-0.39, 0.29) is 11.5 Å². The molecule has 1 aliphatic heterocycles. The van der Waals surface area contributed by atoms with Crippen molar-refractivity contribution in [1.82, 2.24) is 15.6 Å². The molecule has 0 spiro atoms. The lowest BCUT2D eigenvalue weighted by Gasteiger charge is -2.39. The van der Waals surface area contributed by atoms with E-state index >= 15 is 0 Å². The van der Waals surface area contributed by atoms with E-state index in [0.717, 1.165) is 51.5 Å². The van der Waals surface area contributed by atoms with E-state index in [9.17, 15) is 0 Å². The first-order chi connectivity index (χ1) is 12.4. The van der Waals surface area contributed by atoms with Gasteiger partial charge < -0.3 is 15.4 Å². The molecule has 6 heteroatoms. The first-order valence-electron chi connectivity index (χ1n) is 10.0. The molecule has 0 bridgehead atoms. The Balaban J connectivity index is 1.88. The Morgan fingerprint density at radius 1 is 1.35 bits per heavy atom. The van der Waals surface area contributed by atoms with Gasteiger partial charge >= 0.3 is 0 Å². The summed E-state index contributed by atoms with van der Waals surface area (Å²) in [6, 6.07) is 0. The van der Waals surface area contributed by atoms with Crippen molar-refractivity contribution >= 4 is 17.3 Å². The summed E-state index contributed by atoms with van der Waals surface area (Å²) in [6.07, 6.45) is 4.56. The third-order valence-corrected chi connectivity index (χ3v) is 5.74. The number of thiazole rings is 1. The number of hydrogen-bond acceptors (Lipinski definition) is 4. The van der Waals surface area contributed by atoms with Crippen LogP contribution in [0.3, 0.4) is 0 Å². The third-order valence-electron chi connectivity index (χ3n) is 4.70. The minimum Gasteiger partial charge on any atom is -0.377 e. The van der Waals surface area contributed by atoms with Gasteiger partial charge in [-0.25, -0.2) is 4.98 Å². The number of aliphatic imine (C=N–C) groups is 1. The fraction of sp³-hybridized carbons (Fsp3) is 0.800. The van der Waals surface area contributed by atoms with Crippen molar-refractivity contribution in [2.45, 2.75) is 66.4 Å². The Hall–Kier alpha value is -1.14. The van der Waals surface area contributed by atoms with Crippen LogP contribution in [0.25, 0.3) is 0 Å². The number of guanidine groups is 1. The summed E-state index contributed by atoms with van der Waals surface area (Å²) in [7, 11) is 0. The first-order valence-corrected chi connectivity index (χ1v) is 10.9. The number of nitrogens with one attached hydrogen (secondary N) is 2. The van der Waals surface area contributed by atoms with Gasteiger partial charge in [0, 0.05) is 44.0 Å². The van der Waals surface area contributed by atoms with Crippen molar-refractivity contribution in [3.05, 3.63) is 16.1 Å². The van der Waals surface area contributed by atoms with Crippen LogP contribution in [-0.4, -0.2) is 43.3 Å². The van der Waals surface area contributed by atoms with Crippen molar-refractivity contribution in [3.8, 4) is 0 Å². The Bertz CT molecular complexity index is 564. The average Bonchev–Trinajstić information content (AvgIpc) is 3.07. The standard InChI is InChI=1S/C20H36N4OS/c1-6-17-24-16(14-26-17)10-11-22-19(21-7-2)23-13-15-9-8-12-25-18(15)20(3,4)5/h14-15,18H,6-13H2,1-5H3,(H2,21,22,23).